The summed E-state index contributed by atoms with van der Waals surface area (Å²) in [5.74, 6) is 0. The summed E-state index contributed by atoms with van der Waals surface area (Å²) in [7, 11) is 1.69. The van der Waals surface area contributed by atoms with Crippen LogP contribution in [0.25, 0.3) is 0 Å². The summed E-state index contributed by atoms with van der Waals surface area (Å²) in [6, 6.07) is 2.17. The molecular weight excluding hydrogens is 224 g/mol. The van der Waals surface area contributed by atoms with Gasteiger partial charge in [-0.15, -0.1) is 11.3 Å². The maximum Gasteiger partial charge on any atom is 0.147 e. The summed E-state index contributed by atoms with van der Waals surface area (Å²) in [6.45, 7) is 6.66. The maximum atomic E-state index is 5.44. The molecule has 0 spiro atoms. The molecule has 0 N–H and O–H groups in total. The Morgan fingerprint density at radius 2 is 2.00 bits per heavy atom. The average molecular weight is 244 g/mol. The zero-order valence-corrected chi connectivity index (χ0v) is 11.1. The third-order valence-corrected chi connectivity index (χ3v) is 3.21. The van der Waals surface area contributed by atoms with Crippen molar-refractivity contribution in [3.05, 3.63) is 21.4 Å². The Bertz CT molecular complexity index is 296. The van der Waals surface area contributed by atoms with Crippen molar-refractivity contribution in [2.75, 3.05) is 27.1 Å². The van der Waals surface area contributed by atoms with E-state index in [1.807, 2.05) is 0 Å². The lowest BCUT2D eigenvalue weighted by atomic mass is 10.3. The Hall–Kier alpha value is -0.420. The topological polar surface area (TPSA) is 27.7 Å². The minimum Gasteiger partial charge on any atom is -0.385 e. The molecule has 0 aliphatic rings. The highest BCUT2D eigenvalue weighted by atomic mass is 32.1. The fourth-order valence-corrected chi connectivity index (χ4v) is 2.33. The van der Waals surface area contributed by atoms with E-state index in [2.05, 4.69) is 19.9 Å². The second kappa shape index (κ2) is 7.79. The fraction of sp³-hybridized carbons (Fsp3) is 0.667. The normalized spacial score (nSPS) is 10.9. The first-order valence-electron chi connectivity index (χ1n) is 5.44. The van der Waals surface area contributed by atoms with Crippen LogP contribution in [0.4, 0.5) is 0 Å². The molecule has 1 heterocycles. The molecular formula is C12H20O3S. The van der Waals surface area contributed by atoms with E-state index in [4.69, 9.17) is 14.2 Å². The van der Waals surface area contributed by atoms with Crippen LogP contribution in [0.2, 0.25) is 0 Å². The van der Waals surface area contributed by atoms with Crippen LogP contribution in [-0.2, 0) is 20.8 Å². The summed E-state index contributed by atoms with van der Waals surface area (Å²) >= 11 is 1.81. The van der Waals surface area contributed by atoms with Crippen LogP contribution in [0.1, 0.15) is 21.7 Å². The van der Waals surface area contributed by atoms with Crippen molar-refractivity contribution in [3.8, 4) is 0 Å². The average Bonchev–Trinajstić information content (AvgIpc) is 2.56. The second-order valence-electron chi connectivity index (χ2n) is 3.66. The summed E-state index contributed by atoms with van der Waals surface area (Å²) < 4.78 is 15.7. The van der Waals surface area contributed by atoms with Gasteiger partial charge in [-0.25, -0.2) is 0 Å². The van der Waals surface area contributed by atoms with E-state index in [0.29, 0.717) is 20.0 Å². The third-order valence-electron chi connectivity index (χ3n) is 2.21. The molecule has 0 bridgehead atoms. The van der Waals surface area contributed by atoms with Crippen molar-refractivity contribution in [3.63, 3.8) is 0 Å². The van der Waals surface area contributed by atoms with Gasteiger partial charge in [0, 0.05) is 23.5 Å². The molecule has 0 aliphatic carbocycles. The zero-order chi connectivity index (χ0) is 11.8. The highest BCUT2D eigenvalue weighted by Gasteiger charge is 2.02. The van der Waals surface area contributed by atoms with Gasteiger partial charge in [0.05, 0.1) is 13.2 Å². The number of ether oxygens (including phenoxy) is 3. The van der Waals surface area contributed by atoms with E-state index < -0.39 is 0 Å². The largest absolute Gasteiger partial charge is 0.385 e. The molecule has 0 saturated carbocycles. The number of thiophene rings is 1. The minimum absolute atomic E-state index is 0.359. The Morgan fingerprint density at radius 3 is 2.62 bits per heavy atom. The molecule has 92 valence electrons. The summed E-state index contributed by atoms with van der Waals surface area (Å²) in [4.78, 5) is 2.66. The molecule has 0 amide bonds. The van der Waals surface area contributed by atoms with Gasteiger partial charge in [-0.2, -0.15) is 0 Å². The molecule has 1 rings (SSSR count). The first kappa shape index (κ1) is 13.6. The van der Waals surface area contributed by atoms with Crippen LogP contribution in [0.15, 0.2) is 6.07 Å². The van der Waals surface area contributed by atoms with Gasteiger partial charge in [0.1, 0.15) is 6.79 Å². The van der Waals surface area contributed by atoms with Gasteiger partial charge >= 0.3 is 0 Å². The Labute approximate surface area is 101 Å². The molecule has 0 saturated heterocycles. The third kappa shape index (κ3) is 5.07. The fourth-order valence-electron chi connectivity index (χ4n) is 1.40. The highest BCUT2D eigenvalue weighted by molar-refractivity contribution is 7.12. The standard InChI is InChI=1S/C12H20O3S/c1-10-7-12(11(2)16-10)8-15-9-14-6-4-5-13-3/h7H,4-6,8-9H2,1-3H3. The monoisotopic (exact) mass is 244 g/mol. The van der Waals surface area contributed by atoms with E-state index in [9.17, 15) is 0 Å². The molecule has 16 heavy (non-hydrogen) atoms. The summed E-state index contributed by atoms with van der Waals surface area (Å²) in [6.07, 6.45) is 0.913. The molecule has 0 fully saturated rings. The van der Waals surface area contributed by atoms with Crippen LogP contribution in [0.3, 0.4) is 0 Å². The molecule has 1 aromatic heterocycles. The van der Waals surface area contributed by atoms with Crippen LogP contribution in [0.5, 0.6) is 0 Å². The van der Waals surface area contributed by atoms with Crippen LogP contribution in [0, 0.1) is 13.8 Å². The van der Waals surface area contributed by atoms with Gasteiger partial charge in [0.2, 0.25) is 0 Å². The van der Waals surface area contributed by atoms with Gasteiger partial charge < -0.3 is 14.2 Å². The number of aryl methyl sites for hydroxylation is 2. The van der Waals surface area contributed by atoms with E-state index in [1.54, 1.807) is 18.4 Å². The van der Waals surface area contributed by atoms with Gasteiger partial charge in [-0.05, 0) is 31.9 Å². The maximum absolute atomic E-state index is 5.44. The van der Waals surface area contributed by atoms with Gasteiger partial charge in [0.15, 0.2) is 0 Å². The van der Waals surface area contributed by atoms with Crippen molar-refractivity contribution in [2.24, 2.45) is 0 Å². The van der Waals surface area contributed by atoms with Gasteiger partial charge in [-0.1, -0.05) is 0 Å². The lowest BCUT2D eigenvalue weighted by Gasteiger charge is -2.05. The van der Waals surface area contributed by atoms with Crippen LogP contribution >= 0.6 is 11.3 Å². The van der Waals surface area contributed by atoms with Crippen LogP contribution < -0.4 is 0 Å². The van der Waals surface area contributed by atoms with Crippen molar-refractivity contribution in [2.45, 2.75) is 26.9 Å². The van der Waals surface area contributed by atoms with E-state index in [1.165, 1.54) is 15.3 Å². The smallest absolute Gasteiger partial charge is 0.147 e. The molecule has 3 nitrogen and oxygen atoms in total. The number of hydrogen-bond acceptors (Lipinski definition) is 4. The van der Waals surface area contributed by atoms with E-state index in [-0.39, 0.29) is 0 Å². The lowest BCUT2D eigenvalue weighted by Crippen LogP contribution is -2.03. The zero-order valence-electron chi connectivity index (χ0n) is 10.2. The first-order valence-corrected chi connectivity index (χ1v) is 6.26. The molecule has 0 unspecified atom stereocenters. The summed E-state index contributed by atoms with van der Waals surface area (Å²) in [5, 5.41) is 0. The first-order chi connectivity index (χ1) is 7.74. The molecule has 0 atom stereocenters. The van der Waals surface area contributed by atoms with Crippen molar-refractivity contribution in [1.29, 1.82) is 0 Å². The number of rotatable bonds is 8. The predicted octanol–water partition coefficient (Wildman–Crippen LogP) is 2.89. The second-order valence-corrected chi connectivity index (χ2v) is 5.12. The molecule has 0 aromatic carbocycles. The molecule has 0 radical (unpaired) electrons. The van der Waals surface area contributed by atoms with Crippen molar-refractivity contribution >= 4 is 11.3 Å². The van der Waals surface area contributed by atoms with Crippen molar-refractivity contribution < 1.29 is 14.2 Å². The van der Waals surface area contributed by atoms with E-state index in [0.717, 1.165) is 13.0 Å². The Balaban J connectivity index is 2.05. The Kier molecular flexibility index (Phi) is 6.64. The van der Waals surface area contributed by atoms with Crippen LogP contribution in [-0.4, -0.2) is 27.1 Å². The minimum atomic E-state index is 0.359. The van der Waals surface area contributed by atoms with Gasteiger partial charge in [0.25, 0.3) is 0 Å². The molecule has 1 aromatic rings. The van der Waals surface area contributed by atoms with E-state index >= 15 is 0 Å². The van der Waals surface area contributed by atoms with Crippen molar-refractivity contribution in [1.82, 2.24) is 0 Å². The van der Waals surface area contributed by atoms with Gasteiger partial charge in [-0.3, -0.25) is 0 Å². The Morgan fingerprint density at radius 1 is 1.19 bits per heavy atom. The molecule has 4 heteroatoms. The SMILES string of the molecule is COCCCOCOCc1cc(C)sc1C. The lowest BCUT2D eigenvalue weighted by molar-refractivity contribution is -0.0647. The molecule has 0 aliphatic heterocycles. The highest BCUT2D eigenvalue weighted by Crippen LogP contribution is 2.20. The predicted molar refractivity (Wildman–Crippen MR) is 65.9 cm³/mol. The quantitative estimate of drug-likeness (QED) is 0.520. The summed E-state index contributed by atoms with van der Waals surface area (Å²) in [5.41, 5.74) is 1.27. The number of hydrogen-bond donors (Lipinski definition) is 0. The number of methoxy groups -OCH3 is 1.